The third-order valence-electron chi connectivity index (χ3n) is 4.00. The number of piperazine rings is 1. The average molecular weight is 282 g/mol. The fourth-order valence-corrected chi connectivity index (χ4v) is 2.90. The molecule has 1 aromatic heterocycles. The van der Waals surface area contributed by atoms with Crippen LogP contribution in [-0.2, 0) is 6.42 Å². The first kappa shape index (κ1) is 13.9. The Morgan fingerprint density at radius 3 is 2.33 bits per heavy atom. The minimum atomic E-state index is 0.699. The summed E-state index contributed by atoms with van der Waals surface area (Å²) in [5.74, 6) is 1.08. The fraction of sp³-hybridized carbons (Fsp3) is 0.353. The molecule has 1 aromatic carbocycles. The summed E-state index contributed by atoms with van der Waals surface area (Å²) in [6.07, 6.45) is 2.80. The Hall–Kier alpha value is -2.07. The lowest BCUT2D eigenvalue weighted by molar-refractivity contribution is 0.645. The van der Waals surface area contributed by atoms with E-state index in [2.05, 4.69) is 45.1 Å². The Morgan fingerprint density at radius 1 is 0.905 bits per heavy atom. The molecule has 4 heteroatoms. The van der Waals surface area contributed by atoms with E-state index < -0.39 is 0 Å². The molecule has 0 amide bonds. The summed E-state index contributed by atoms with van der Waals surface area (Å²) in [4.78, 5) is 9.25. The molecule has 0 saturated carbocycles. The van der Waals surface area contributed by atoms with Gasteiger partial charge in [0.05, 0.1) is 0 Å². The van der Waals surface area contributed by atoms with Gasteiger partial charge in [-0.2, -0.15) is 0 Å². The number of anilines is 2. The van der Waals surface area contributed by atoms with E-state index in [9.17, 15) is 0 Å². The second kappa shape index (κ2) is 6.59. The minimum Gasteiger partial charge on any atom is -0.368 e. The third kappa shape index (κ3) is 3.16. The molecular weight excluding hydrogens is 260 g/mol. The highest BCUT2D eigenvalue weighted by molar-refractivity contribution is 5.55. The van der Waals surface area contributed by atoms with Gasteiger partial charge < -0.3 is 15.5 Å². The summed E-state index contributed by atoms with van der Waals surface area (Å²) < 4.78 is 0. The van der Waals surface area contributed by atoms with E-state index in [1.165, 1.54) is 11.3 Å². The quantitative estimate of drug-likeness (QED) is 0.930. The lowest BCUT2D eigenvalue weighted by Gasteiger charge is -2.37. The molecule has 0 unspecified atom stereocenters. The smallest absolute Gasteiger partial charge is 0.128 e. The number of para-hydroxylation sites is 1. The van der Waals surface area contributed by atoms with Crippen molar-refractivity contribution >= 4 is 11.5 Å². The van der Waals surface area contributed by atoms with E-state index in [4.69, 9.17) is 5.73 Å². The van der Waals surface area contributed by atoms with Crippen molar-refractivity contribution in [2.24, 2.45) is 5.73 Å². The van der Waals surface area contributed by atoms with Gasteiger partial charge in [0, 0.05) is 38.1 Å². The third-order valence-corrected chi connectivity index (χ3v) is 4.00. The second-order valence-corrected chi connectivity index (χ2v) is 5.33. The van der Waals surface area contributed by atoms with Crippen molar-refractivity contribution in [3.05, 3.63) is 54.2 Å². The fourth-order valence-electron chi connectivity index (χ4n) is 2.90. The number of benzene rings is 1. The number of aromatic nitrogens is 1. The number of rotatable bonds is 4. The first-order valence-corrected chi connectivity index (χ1v) is 7.57. The van der Waals surface area contributed by atoms with Crippen molar-refractivity contribution in [3.8, 4) is 0 Å². The Balaban J connectivity index is 1.69. The highest BCUT2D eigenvalue weighted by Crippen LogP contribution is 2.23. The monoisotopic (exact) mass is 282 g/mol. The molecule has 2 heterocycles. The summed E-state index contributed by atoms with van der Waals surface area (Å²) in [5, 5.41) is 0. The normalized spacial score (nSPS) is 15.3. The number of pyridine rings is 1. The van der Waals surface area contributed by atoms with Gasteiger partial charge in [-0.25, -0.2) is 4.98 Å². The van der Waals surface area contributed by atoms with Crippen LogP contribution in [0.1, 0.15) is 5.56 Å². The van der Waals surface area contributed by atoms with E-state index in [-0.39, 0.29) is 0 Å². The zero-order valence-electron chi connectivity index (χ0n) is 12.3. The summed E-state index contributed by atoms with van der Waals surface area (Å²) >= 11 is 0. The van der Waals surface area contributed by atoms with Crippen LogP contribution in [0.4, 0.5) is 11.5 Å². The van der Waals surface area contributed by atoms with Gasteiger partial charge in [0.2, 0.25) is 0 Å². The standard InChI is InChI=1S/C17H22N4/c18-9-8-15-5-1-2-6-16(15)20-11-13-21(14-12-20)17-7-3-4-10-19-17/h1-7,10H,8-9,11-14,18H2. The number of hydrogen-bond acceptors (Lipinski definition) is 4. The van der Waals surface area contributed by atoms with Crippen molar-refractivity contribution in [1.29, 1.82) is 0 Å². The molecule has 0 aliphatic carbocycles. The molecular formula is C17H22N4. The highest BCUT2D eigenvalue weighted by atomic mass is 15.3. The van der Waals surface area contributed by atoms with Gasteiger partial charge in [0.25, 0.3) is 0 Å². The van der Waals surface area contributed by atoms with E-state index in [1.807, 2.05) is 18.3 Å². The maximum absolute atomic E-state index is 5.72. The second-order valence-electron chi connectivity index (χ2n) is 5.33. The first-order chi connectivity index (χ1) is 10.4. The Bertz CT molecular complexity index is 562. The summed E-state index contributed by atoms with van der Waals surface area (Å²) in [6, 6.07) is 14.7. The maximum atomic E-state index is 5.72. The van der Waals surface area contributed by atoms with Crippen molar-refractivity contribution in [2.75, 3.05) is 42.5 Å². The van der Waals surface area contributed by atoms with E-state index in [1.54, 1.807) is 0 Å². The molecule has 0 atom stereocenters. The Kier molecular flexibility index (Phi) is 4.36. The molecule has 0 radical (unpaired) electrons. The summed E-state index contributed by atoms with van der Waals surface area (Å²) in [7, 11) is 0. The number of nitrogens with zero attached hydrogens (tertiary/aromatic N) is 3. The Labute approximate surface area is 126 Å². The van der Waals surface area contributed by atoms with Gasteiger partial charge in [-0.3, -0.25) is 0 Å². The molecule has 0 bridgehead atoms. The molecule has 0 spiro atoms. The van der Waals surface area contributed by atoms with Gasteiger partial charge in [-0.05, 0) is 36.7 Å². The SMILES string of the molecule is NCCc1ccccc1N1CCN(c2ccccn2)CC1. The van der Waals surface area contributed by atoms with E-state index in [0.29, 0.717) is 6.54 Å². The molecule has 110 valence electrons. The zero-order chi connectivity index (χ0) is 14.5. The van der Waals surface area contributed by atoms with Crippen molar-refractivity contribution in [1.82, 2.24) is 4.98 Å². The lowest BCUT2D eigenvalue weighted by atomic mass is 10.1. The zero-order valence-corrected chi connectivity index (χ0v) is 12.3. The molecule has 21 heavy (non-hydrogen) atoms. The van der Waals surface area contributed by atoms with Crippen LogP contribution in [-0.4, -0.2) is 37.7 Å². The predicted molar refractivity (Wildman–Crippen MR) is 87.9 cm³/mol. The summed E-state index contributed by atoms with van der Waals surface area (Å²) in [5.41, 5.74) is 8.41. The van der Waals surface area contributed by atoms with Crippen LogP contribution in [0.5, 0.6) is 0 Å². The van der Waals surface area contributed by atoms with Gasteiger partial charge >= 0.3 is 0 Å². The van der Waals surface area contributed by atoms with Crippen LogP contribution in [0.3, 0.4) is 0 Å². The Morgan fingerprint density at radius 2 is 1.62 bits per heavy atom. The predicted octanol–water partition coefficient (Wildman–Crippen LogP) is 1.91. The molecule has 2 aromatic rings. The maximum Gasteiger partial charge on any atom is 0.128 e. The molecule has 2 N–H and O–H groups in total. The summed E-state index contributed by atoms with van der Waals surface area (Å²) in [6.45, 7) is 4.77. The van der Waals surface area contributed by atoms with Gasteiger partial charge in [-0.1, -0.05) is 24.3 Å². The minimum absolute atomic E-state index is 0.699. The molecule has 1 aliphatic rings. The average Bonchev–Trinajstić information content (AvgIpc) is 2.57. The van der Waals surface area contributed by atoms with Crippen molar-refractivity contribution in [2.45, 2.75) is 6.42 Å². The topological polar surface area (TPSA) is 45.4 Å². The van der Waals surface area contributed by atoms with Crippen LogP contribution < -0.4 is 15.5 Å². The van der Waals surface area contributed by atoms with Crippen LogP contribution in [0.15, 0.2) is 48.7 Å². The van der Waals surface area contributed by atoms with Crippen LogP contribution in [0, 0.1) is 0 Å². The molecule has 1 fully saturated rings. The number of nitrogens with two attached hydrogens (primary N) is 1. The molecule has 3 rings (SSSR count). The lowest BCUT2D eigenvalue weighted by Crippen LogP contribution is -2.47. The van der Waals surface area contributed by atoms with Crippen LogP contribution in [0.25, 0.3) is 0 Å². The molecule has 1 aliphatic heterocycles. The number of hydrogen-bond donors (Lipinski definition) is 1. The van der Waals surface area contributed by atoms with Crippen LogP contribution >= 0.6 is 0 Å². The molecule has 4 nitrogen and oxygen atoms in total. The molecule has 1 saturated heterocycles. The van der Waals surface area contributed by atoms with Gasteiger partial charge in [0.15, 0.2) is 0 Å². The van der Waals surface area contributed by atoms with Gasteiger partial charge in [0.1, 0.15) is 5.82 Å². The van der Waals surface area contributed by atoms with E-state index in [0.717, 1.165) is 38.4 Å². The first-order valence-electron chi connectivity index (χ1n) is 7.57. The largest absolute Gasteiger partial charge is 0.368 e. The van der Waals surface area contributed by atoms with Crippen molar-refractivity contribution in [3.63, 3.8) is 0 Å². The van der Waals surface area contributed by atoms with Gasteiger partial charge in [-0.15, -0.1) is 0 Å². The van der Waals surface area contributed by atoms with Crippen molar-refractivity contribution < 1.29 is 0 Å². The van der Waals surface area contributed by atoms with Crippen LogP contribution in [0.2, 0.25) is 0 Å². The van der Waals surface area contributed by atoms with E-state index >= 15 is 0 Å². The highest BCUT2D eigenvalue weighted by Gasteiger charge is 2.19.